The van der Waals surface area contributed by atoms with Crippen molar-refractivity contribution in [3.05, 3.63) is 83.8 Å². The first kappa shape index (κ1) is 25.3. The highest BCUT2D eigenvalue weighted by molar-refractivity contribution is 6.10. The van der Waals surface area contributed by atoms with Gasteiger partial charge in [-0.15, -0.1) is 0 Å². The summed E-state index contributed by atoms with van der Waals surface area (Å²) in [6.45, 7) is 8.47. The fourth-order valence-electron chi connectivity index (χ4n) is 4.46. The Morgan fingerprint density at radius 3 is 2.42 bits per heavy atom. The van der Waals surface area contributed by atoms with Gasteiger partial charge in [0.1, 0.15) is 5.82 Å². The van der Waals surface area contributed by atoms with Gasteiger partial charge in [-0.2, -0.15) is 0 Å². The number of carbonyl (C=O) groups excluding carboxylic acids is 1. The monoisotopic (exact) mass is 486 g/mol. The van der Waals surface area contributed by atoms with Gasteiger partial charge in [0.15, 0.2) is 0 Å². The third kappa shape index (κ3) is 5.70. The number of aryl methyl sites for hydroxylation is 1. The summed E-state index contributed by atoms with van der Waals surface area (Å²) in [6.07, 6.45) is 4.14. The zero-order valence-corrected chi connectivity index (χ0v) is 21.3. The molecule has 0 radical (unpaired) electrons. The molecule has 36 heavy (non-hydrogen) atoms. The lowest BCUT2D eigenvalue weighted by molar-refractivity contribution is 0.102. The van der Waals surface area contributed by atoms with E-state index in [-0.39, 0.29) is 11.7 Å². The first-order chi connectivity index (χ1) is 17.5. The number of aromatic amines is 1. The van der Waals surface area contributed by atoms with Gasteiger partial charge >= 0.3 is 0 Å². The number of nitrogens with zero attached hydrogens (tertiary/aromatic N) is 1. The predicted molar refractivity (Wildman–Crippen MR) is 149 cm³/mol. The van der Waals surface area contributed by atoms with Gasteiger partial charge < -0.3 is 20.5 Å². The van der Waals surface area contributed by atoms with Crippen molar-refractivity contribution in [3.63, 3.8) is 0 Å². The van der Waals surface area contributed by atoms with Crippen LogP contribution in [0, 0.1) is 5.82 Å². The zero-order valence-electron chi connectivity index (χ0n) is 21.3. The van der Waals surface area contributed by atoms with Gasteiger partial charge in [0.25, 0.3) is 5.91 Å². The number of fused-ring (bicyclic) bond motifs is 1. The van der Waals surface area contributed by atoms with Crippen LogP contribution in [0.1, 0.15) is 56.1 Å². The Labute approximate surface area is 212 Å². The van der Waals surface area contributed by atoms with E-state index >= 15 is 0 Å². The summed E-state index contributed by atoms with van der Waals surface area (Å²) >= 11 is 0. The van der Waals surface area contributed by atoms with Gasteiger partial charge in [-0.25, -0.2) is 4.39 Å². The summed E-state index contributed by atoms with van der Waals surface area (Å²) < 4.78 is 14.1. The minimum atomic E-state index is -0.305. The molecule has 0 saturated carbocycles. The molecule has 188 valence electrons. The van der Waals surface area contributed by atoms with Crippen LogP contribution in [0.25, 0.3) is 10.9 Å². The number of H-pyrrole nitrogens is 1. The summed E-state index contributed by atoms with van der Waals surface area (Å²) in [4.78, 5) is 19.0. The molecule has 4 aromatic rings. The summed E-state index contributed by atoms with van der Waals surface area (Å²) in [6, 6.07) is 20.2. The third-order valence-electron chi connectivity index (χ3n) is 6.39. The van der Waals surface area contributed by atoms with E-state index < -0.39 is 0 Å². The van der Waals surface area contributed by atoms with Gasteiger partial charge in [-0.1, -0.05) is 39.3 Å². The second-order valence-corrected chi connectivity index (χ2v) is 9.04. The molecule has 3 aromatic carbocycles. The highest BCUT2D eigenvalue weighted by atomic mass is 19.1. The minimum absolute atomic E-state index is 0.138. The van der Waals surface area contributed by atoms with E-state index in [1.54, 1.807) is 18.2 Å². The second kappa shape index (κ2) is 11.8. The quantitative estimate of drug-likeness (QED) is 0.202. The van der Waals surface area contributed by atoms with Crippen LogP contribution in [0.15, 0.2) is 66.7 Å². The summed E-state index contributed by atoms with van der Waals surface area (Å²) in [5.74, 6) is -0.443. The van der Waals surface area contributed by atoms with Crippen molar-refractivity contribution in [2.45, 2.75) is 46.5 Å². The number of carbonyl (C=O) groups is 1. The Bertz CT molecular complexity index is 1310. The van der Waals surface area contributed by atoms with Crippen LogP contribution in [-0.2, 0) is 6.42 Å². The highest BCUT2D eigenvalue weighted by Gasteiger charge is 2.16. The molecule has 1 heterocycles. The van der Waals surface area contributed by atoms with E-state index in [2.05, 4.69) is 34.4 Å². The Morgan fingerprint density at radius 2 is 1.72 bits per heavy atom. The van der Waals surface area contributed by atoms with Crippen molar-refractivity contribution in [2.24, 2.45) is 0 Å². The molecule has 6 heteroatoms. The maximum Gasteiger partial charge on any atom is 0.255 e. The van der Waals surface area contributed by atoms with Crippen LogP contribution < -0.4 is 15.5 Å². The number of hydrogen-bond donors (Lipinski definition) is 3. The van der Waals surface area contributed by atoms with Crippen LogP contribution >= 0.6 is 0 Å². The summed E-state index contributed by atoms with van der Waals surface area (Å²) in [7, 11) is 0. The second-order valence-electron chi connectivity index (χ2n) is 9.04. The van der Waals surface area contributed by atoms with E-state index in [4.69, 9.17) is 0 Å². The average Bonchev–Trinajstić information content (AvgIpc) is 3.24. The first-order valence-electron chi connectivity index (χ1n) is 12.9. The predicted octanol–water partition coefficient (Wildman–Crippen LogP) is 7.88. The van der Waals surface area contributed by atoms with Crippen LogP contribution in [0.2, 0.25) is 0 Å². The Kier molecular flexibility index (Phi) is 8.26. The highest BCUT2D eigenvalue weighted by Crippen LogP contribution is 2.32. The molecule has 1 aromatic heterocycles. The third-order valence-corrected chi connectivity index (χ3v) is 6.39. The first-order valence-corrected chi connectivity index (χ1v) is 12.9. The van der Waals surface area contributed by atoms with Crippen molar-refractivity contribution >= 4 is 39.6 Å². The Balaban J connectivity index is 1.53. The molecule has 0 bridgehead atoms. The molecule has 0 spiro atoms. The zero-order chi connectivity index (χ0) is 25.5. The van der Waals surface area contributed by atoms with Crippen molar-refractivity contribution < 1.29 is 9.18 Å². The molecular weight excluding hydrogens is 451 g/mol. The van der Waals surface area contributed by atoms with E-state index in [9.17, 15) is 9.18 Å². The standard InChI is InChI=1S/C30H35FN4O/c1-4-7-19-35(18-5-2)23-15-12-21(13-16-23)30(36)34-29-24-17-14-22(20-28(24)33-26(29)6-3)32-27-11-9-8-10-25(27)31/h8-17,20,32-33H,4-7,18-19H2,1-3H3,(H,34,36). The molecule has 0 unspecified atom stereocenters. The Morgan fingerprint density at radius 1 is 0.944 bits per heavy atom. The lowest BCUT2D eigenvalue weighted by Gasteiger charge is -2.24. The molecular formula is C30H35FN4O. The number of nitrogens with one attached hydrogen (secondary N) is 3. The number of hydrogen-bond acceptors (Lipinski definition) is 3. The fourth-order valence-corrected chi connectivity index (χ4v) is 4.46. The smallest absolute Gasteiger partial charge is 0.255 e. The fraction of sp³-hybridized carbons (Fsp3) is 0.300. The maximum atomic E-state index is 14.1. The van der Waals surface area contributed by atoms with E-state index in [0.29, 0.717) is 11.3 Å². The number of para-hydroxylation sites is 1. The number of halogens is 1. The van der Waals surface area contributed by atoms with Gasteiger partial charge in [0.2, 0.25) is 0 Å². The van der Waals surface area contributed by atoms with Crippen LogP contribution in [0.4, 0.5) is 27.1 Å². The number of aromatic nitrogens is 1. The molecule has 5 nitrogen and oxygen atoms in total. The van der Waals surface area contributed by atoms with Gasteiger partial charge in [0, 0.05) is 46.6 Å². The van der Waals surface area contributed by atoms with Crippen molar-refractivity contribution in [3.8, 4) is 0 Å². The lowest BCUT2D eigenvalue weighted by atomic mass is 10.1. The molecule has 0 aliphatic heterocycles. The van der Waals surface area contributed by atoms with Gasteiger partial charge in [-0.3, -0.25) is 4.79 Å². The SMILES string of the molecule is CCCCN(CCC)c1ccc(C(=O)Nc2c(CC)[nH]c3cc(Nc4ccccc4F)ccc23)cc1. The molecule has 1 amide bonds. The van der Waals surface area contributed by atoms with Crippen molar-refractivity contribution in [2.75, 3.05) is 28.6 Å². The number of unbranched alkanes of at least 4 members (excludes halogenated alkanes) is 1. The van der Waals surface area contributed by atoms with Crippen LogP contribution in [0.5, 0.6) is 0 Å². The van der Waals surface area contributed by atoms with Crippen molar-refractivity contribution in [1.82, 2.24) is 4.98 Å². The largest absolute Gasteiger partial charge is 0.372 e. The molecule has 0 fully saturated rings. The van der Waals surface area contributed by atoms with Gasteiger partial charge in [0.05, 0.1) is 11.4 Å². The lowest BCUT2D eigenvalue weighted by Crippen LogP contribution is -2.25. The molecule has 0 aliphatic rings. The van der Waals surface area contributed by atoms with Crippen LogP contribution in [-0.4, -0.2) is 24.0 Å². The molecule has 0 atom stereocenters. The molecule has 0 saturated heterocycles. The van der Waals surface area contributed by atoms with Gasteiger partial charge in [-0.05, 0) is 73.9 Å². The van der Waals surface area contributed by atoms with Crippen molar-refractivity contribution in [1.29, 1.82) is 0 Å². The van der Waals surface area contributed by atoms with E-state index in [1.165, 1.54) is 6.07 Å². The Hall–Kier alpha value is -3.80. The number of benzene rings is 3. The minimum Gasteiger partial charge on any atom is -0.372 e. The van der Waals surface area contributed by atoms with E-state index in [1.807, 2.05) is 49.4 Å². The number of amides is 1. The normalized spacial score (nSPS) is 11.0. The van der Waals surface area contributed by atoms with Crippen LogP contribution in [0.3, 0.4) is 0 Å². The number of anilines is 4. The topological polar surface area (TPSA) is 60.2 Å². The maximum absolute atomic E-state index is 14.1. The average molecular weight is 487 g/mol. The van der Waals surface area contributed by atoms with E-state index in [0.717, 1.165) is 72.4 Å². The number of rotatable bonds is 11. The molecule has 3 N–H and O–H groups in total. The molecule has 4 rings (SSSR count). The summed E-state index contributed by atoms with van der Waals surface area (Å²) in [5, 5.41) is 7.17. The summed E-state index contributed by atoms with van der Waals surface area (Å²) in [5.41, 5.74) is 5.58. The molecule has 0 aliphatic carbocycles.